The van der Waals surface area contributed by atoms with Gasteiger partial charge < -0.3 is 19.3 Å². The van der Waals surface area contributed by atoms with Gasteiger partial charge in [-0.3, -0.25) is 9.69 Å². The fraction of sp³-hybridized carbons (Fsp3) is 0.238. The number of carbonyl (C=O) groups is 2. The molecule has 0 spiro atoms. The lowest BCUT2D eigenvalue weighted by molar-refractivity contribution is -0.131. The number of methoxy groups -OCH3 is 1. The molecule has 2 aromatic carbocycles. The Morgan fingerprint density at radius 1 is 1.21 bits per heavy atom. The van der Waals surface area contributed by atoms with Crippen LogP contribution in [0, 0.1) is 0 Å². The minimum atomic E-state index is -3.01. The fourth-order valence-corrected chi connectivity index (χ4v) is 3.60. The smallest absolute Gasteiger partial charge is 0.387 e. The van der Waals surface area contributed by atoms with Crippen LogP contribution >= 0.6 is 11.6 Å². The van der Waals surface area contributed by atoms with E-state index in [-0.39, 0.29) is 29.8 Å². The number of alkyl halides is 2. The van der Waals surface area contributed by atoms with Crippen molar-refractivity contribution in [3.8, 4) is 22.9 Å². The lowest BCUT2D eigenvalue weighted by atomic mass is 9.92. The van der Waals surface area contributed by atoms with Gasteiger partial charge in [-0.1, -0.05) is 28.9 Å². The van der Waals surface area contributed by atoms with E-state index < -0.39 is 24.1 Å². The summed E-state index contributed by atoms with van der Waals surface area (Å²) in [7, 11) is 1.30. The Hall–Kier alpha value is -3.73. The van der Waals surface area contributed by atoms with Gasteiger partial charge in [0.2, 0.25) is 11.7 Å². The maximum Gasteiger partial charge on any atom is 0.387 e. The topological polar surface area (TPSA) is 107 Å². The van der Waals surface area contributed by atoms with Gasteiger partial charge in [0.15, 0.2) is 11.5 Å². The first-order valence-corrected chi connectivity index (χ1v) is 9.95. The number of halogens is 3. The highest BCUT2D eigenvalue weighted by atomic mass is 35.5. The standard InChI is InChI=1S/C21H17ClF2N4O5/c1-21(12-4-3-5-13(22)9-12)18(29)28(20(30)26-21)10-16-25-17(27-33-16)11-6-7-14(32-19(23)24)15(8-11)31-2/h3-9,19H,10H2,1-2H3,(H,26,30). The molecule has 0 bridgehead atoms. The number of ether oxygens (including phenoxy) is 2. The largest absolute Gasteiger partial charge is 0.493 e. The average Bonchev–Trinajstić information content (AvgIpc) is 3.33. The van der Waals surface area contributed by atoms with Crippen LogP contribution in [0.2, 0.25) is 5.02 Å². The third-order valence-electron chi connectivity index (χ3n) is 5.08. The summed E-state index contributed by atoms with van der Waals surface area (Å²) in [6.07, 6.45) is 0. The van der Waals surface area contributed by atoms with Crippen LogP contribution in [-0.4, -0.2) is 40.7 Å². The van der Waals surface area contributed by atoms with Crippen LogP contribution in [0.3, 0.4) is 0 Å². The van der Waals surface area contributed by atoms with Crippen LogP contribution in [0.4, 0.5) is 13.6 Å². The Morgan fingerprint density at radius 2 is 2.00 bits per heavy atom. The molecule has 9 nitrogen and oxygen atoms in total. The van der Waals surface area contributed by atoms with Crippen LogP contribution in [-0.2, 0) is 16.9 Å². The number of benzene rings is 2. The molecule has 0 saturated carbocycles. The van der Waals surface area contributed by atoms with Crippen molar-refractivity contribution in [2.75, 3.05) is 7.11 Å². The van der Waals surface area contributed by atoms with Gasteiger partial charge >= 0.3 is 12.6 Å². The number of amides is 3. The van der Waals surface area contributed by atoms with Gasteiger partial charge in [0.05, 0.1) is 7.11 Å². The first-order chi connectivity index (χ1) is 15.7. The fourth-order valence-electron chi connectivity index (χ4n) is 3.41. The highest BCUT2D eigenvalue weighted by Gasteiger charge is 2.49. The maximum atomic E-state index is 13.1. The summed E-state index contributed by atoms with van der Waals surface area (Å²) in [6, 6.07) is 10.1. The van der Waals surface area contributed by atoms with Gasteiger partial charge in [0, 0.05) is 10.6 Å². The number of nitrogens with one attached hydrogen (secondary N) is 1. The summed E-state index contributed by atoms with van der Waals surface area (Å²) in [5.41, 5.74) is -0.386. The minimum Gasteiger partial charge on any atom is -0.493 e. The molecule has 1 saturated heterocycles. The number of hydrogen-bond acceptors (Lipinski definition) is 7. The molecule has 1 atom stereocenters. The number of rotatable bonds is 7. The molecular weight excluding hydrogens is 462 g/mol. The maximum absolute atomic E-state index is 13.1. The van der Waals surface area contributed by atoms with E-state index in [4.69, 9.17) is 20.9 Å². The molecule has 0 aliphatic carbocycles. The van der Waals surface area contributed by atoms with Gasteiger partial charge in [0.1, 0.15) is 12.1 Å². The molecule has 1 fully saturated rings. The molecule has 4 rings (SSSR count). The summed E-state index contributed by atoms with van der Waals surface area (Å²) in [5.74, 6) is -0.512. The number of urea groups is 1. The molecule has 33 heavy (non-hydrogen) atoms. The Kier molecular flexibility index (Phi) is 5.90. The van der Waals surface area contributed by atoms with E-state index in [9.17, 15) is 18.4 Å². The second-order valence-electron chi connectivity index (χ2n) is 7.21. The molecule has 1 N–H and O–H groups in total. The molecule has 3 aromatic rings. The highest BCUT2D eigenvalue weighted by molar-refractivity contribution is 6.30. The summed E-state index contributed by atoms with van der Waals surface area (Å²) in [4.78, 5) is 30.7. The predicted octanol–water partition coefficient (Wildman–Crippen LogP) is 3.97. The molecule has 3 amide bonds. The van der Waals surface area contributed by atoms with Gasteiger partial charge in [-0.05, 0) is 42.8 Å². The third-order valence-corrected chi connectivity index (χ3v) is 5.31. The van der Waals surface area contributed by atoms with Crippen molar-refractivity contribution in [2.24, 2.45) is 0 Å². The first kappa shape index (κ1) is 22.5. The van der Waals surface area contributed by atoms with E-state index in [1.165, 1.54) is 25.3 Å². The first-order valence-electron chi connectivity index (χ1n) is 9.57. The van der Waals surface area contributed by atoms with E-state index in [1.807, 2.05) is 0 Å². The van der Waals surface area contributed by atoms with Crippen LogP contribution in [0.1, 0.15) is 18.4 Å². The Balaban J connectivity index is 1.54. The second kappa shape index (κ2) is 8.66. The van der Waals surface area contributed by atoms with Crippen molar-refractivity contribution in [1.82, 2.24) is 20.4 Å². The van der Waals surface area contributed by atoms with E-state index >= 15 is 0 Å². The van der Waals surface area contributed by atoms with Crippen LogP contribution in [0.25, 0.3) is 11.4 Å². The second-order valence-corrected chi connectivity index (χ2v) is 7.65. The molecule has 1 aliphatic heterocycles. The predicted molar refractivity (Wildman–Crippen MR) is 111 cm³/mol. The minimum absolute atomic E-state index is 0.00396. The summed E-state index contributed by atoms with van der Waals surface area (Å²) >= 11 is 6.03. The third kappa shape index (κ3) is 4.31. The van der Waals surface area contributed by atoms with Crippen molar-refractivity contribution in [1.29, 1.82) is 0 Å². The molecule has 1 unspecified atom stereocenters. The van der Waals surface area contributed by atoms with Crippen molar-refractivity contribution in [3.05, 3.63) is 58.9 Å². The monoisotopic (exact) mass is 478 g/mol. The number of hydrogen-bond donors (Lipinski definition) is 1. The van der Waals surface area contributed by atoms with Crippen LogP contribution < -0.4 is 14.8 Å². The van der Waals surface area contributed by atoms with E-state index in [0.29, 0.717) is 16.1 Å². The van der Waals surface area contributed by atoms with Gasteiger partial charge in [-0.2, -0.15) is 13.8 Å². The quantitative estimate of drug-likeness (QED) is 0.512. The van der Waals surface area contributed by atoms with Crippen LogP contribution in [0.5, 0.6) is 11.5 Å². The van der Waals surface area contributed by atoms with E-state index in [1.54, 1.807) is 31.2 Å². The lowest BCUT2D eigenvalue weighted by Gasteiger charge is -2.22. The SMILES string of the molecule is COc1cc(-c2noc(CN3C(=O)NC(C)(c4cccc(Cl)c4)C3=O)n2)ccc1OC(F)F. The number of nitrogens with zero attached hydrogens (tertiary/aromatic N) is 3. The highest BCUT2D eigenvalue weighted by Crippen LogP contribution is 2.34. The Morgan fingerprint density at radius 3 is 2.70 bits per heavy atom. The van der Waals surface area contributed by atoms with Crippen molar-refractivity contribution >= 4 is 23.5 Å². The molecular formula is C21H17ClF2N4O5. The molecule has 2 heterocycles. The van der Waals surface area contributed by atoms with Crippen molar-refractivity contribution < 1.29 is 32.4 Å². The molecule has 12 heteroatoms. The molecule has 0 radical (unpaired) electrons. The summed E-state index contributed by atoms with van der Waals surface area (Å²) in [6.45, 7) is -1.70. The van der Waals surface area contributed by atoms with Gasteiger partial charge in [-0.25, -0.2) is 4.79 Å². The van der Waals surface area contributed by atoms with Gasteiger partial charge in [0.25, 0.3) is 5.91 Å². The summed E-state index contributed by atoms with van der Waals surface area (Å²) in [5, 5.41) is 6.93. The molecule has 1 aromatic heterocycles. The van der Waals surface area contributed by atoms with Crippen molar-refractivity contribution in [3.63, 3.8) is 0 Å². The zero-order valence-electron chi connectivity index (χ0n) is 17.3. The van der Waals surface area contributed by atoms with E-state index in [2.05, 4.69) is 20.2 Å². The summed E-state index contributed by atoms with van der Waals surface area (Å²) < 4.78 is 39.7. The Labute approximate surface area is 191 Å². The normalized spacial score (nSPS) is 18.1. The molecule has 1 aliphatic rings. The van der Waals surface area contributed by atoms with Crippen LogP contribution in [0.15, 0.2) is 47.0 Å². The number of aromatic nitrogens is 2. The van der Waals surface area contributed by atoms with E-state index in [0.717, 1.165) is 4.90 Å². The van der Waals surface area contributed by atoms with Gasteiger partial charge in [-0.15, -0.1) is 0 Å². The van der Waals surface area contributed by atoms with Crippen molar-refractivity contribution in [2.45, 2.75) is 25.6 Å². The lowest BCUT2D eigenvalue weighted by Crippen LogP contribution is -2.40. The molecule has 172 valence electrons. The number of carbonyl (C=O) groups excluding carboxylic acids is 2. The average molecular weight is 479 g/mol. The number of imide groups is 1. The zero-order valence-corrected chi connectivity index (χ0v) is 18.1. The Bertz CT molecular complexity index is 1220. The zero-order chi connectivity index (χ0) is 23.8.